The molecule has 0 radical (unpaired) electrons. The Kier molecular flexibility index (Phi) is 17.4. The van der Waals surface area contributed by atoms with Crippen LogP contribution in [0.2, 0.25) is 0 Å². The highest BCUT2D eigenvalue weighted by molar-refractivity contribution is 6.68. The molecule has 0 atom stereocenters. The van der Waals surface area contributed by atoms with E-state index in [0.717, 1.165) is 51.9 Å². The second-order valence-electron chi connectivity index (χ2n) is 8.33. The van der Waals surface area contributed by atoms with Gasteiger partial charge in [-0.1, -0.05) is 109 Å². The molecule has 0 heterocycles. The minimum atomic E-state index is -2.85. The summed E-state index contributed by atoms with van der Waals surface area (Å²) in [5.41, 5.74) is 0. The van der Waals surface area contributed by atoms with Gasteiger partial charge in [-0.25, -0.2) is 0 Å². The van der Waals surface area contributed by atoms with Gasteiger partial charge in [0.25, 0.3) is 0 Å². The molecule has 0 aromatic heterocycles. The van der Waals surface area contributed by atoms with Gasteiger partial charge in [0.1, 0.15) is 0 Å². The van der Waals surface area contributed by atoms with Crippen LogP contribution in [0.1, 0.15) is 111 Å². The zero-order chi connectivity index (χ0) is 21.8. The SMILES string of the molecule is CCCCCCO[Si](OCCCCCC)(OCCCCCC)/C1=C/C=C\C=C/CC1. The first kappa shape index (κ1) is 27.4. The number of hydrogen-bond donors (Lipinski definition) is 0. The van der Waals surface area contributed by atoms with Crippen molar-refractivity contribution < 1.29 is 13.3 Å². The minimum absolute atomic E-state index is 0.743. The van der Waals surface area contributed by atoms with Crippen LogP contribution in [0, 0.1) is 0 Å². The number of hydrogen-bond acceptors (Lipinski definition) is 3. The van der Waals surface area contributed by atoms with Crippen molar-refractivity contribution in [3.8, 4) is 0 Å². The Morgan fingerprint density at radius 2 is 1.13 bits per heavy atom. The molecule has 0 N–H and O–H groups in total. The van der Waals surface area contributed by atoms with Crippen LogP contribution in [0.4, 0.5) is 0 Å². The van der Waals surface area contributed by atoms with Crippen LogP contribution < -0.4 is 0 Å². The maximum atomic E-state index is 6.59. The maximum Gasteiger partial charge on any atom is 0.533 e. The van der Waals surface area contributed by atoms with E-state index in [-0.39, 0.29) is 0 Å². The molecule has 0 fully saturated rings. The van der Waals surface area contributed by atoms with Gasteiger partial charge in [-0.05, 0) is 32.1 Å². The van der Waals surface area contributed by atoms with Crippen molar-refractivity contribution in [1.82, 2.24) is 0 Å². The van der Waals surface area contributed by atoms with E-state index in [4.69, 9.17) is 13.3 Å². The van der Waals surface area contributed by atoms with Crippen LogP contribution in [0.5, 0.6) is 0 Å². The van der Waals surface area contributed by atoms with Gasteiger partial charge in [0.05, 0.1) is 0 Å². The van der Waals surface area contributed by atoms with Gasteiger partial charge in [-0.3, -0.25) is 0 Å². The first-order valence-corrected chi connectivity index (χ1v) is 14.5. The number of allylic oxidation sites excluding steroid dienone is 6. The fourth-order valence-electron chi connectivity index (χ4n) is 3.60. The summed E-state index contributed by atoms with van der Waals surface area (Å²) in [6.45, 7) is 8.97. The topological polar surface area (TPSA) is 27.7 Å². The summed E-state index contributed by atoms with van der Waals surface area (Å²) in [6.07, 6.45) is 27.2. The predicted octanol–water partition coefficient (Wildman–Crippen LogP) is 8.09. The predicted molar refractivity (Wildman–Crippen MR) is 132 cm³/mol. The van der Waals surface area contributed by atoms with Crippen LogP contribution >= 0.6 is 0 Å². The zero-order valence-corrected chi connectivity index (χ0v) is 21.1. The second-order valence-corrected chi connectivity index (χ2v) is 10.9. The molecule has 0 aliphatic heterocycles. The van der Waals surface area contributed by atoms with Crippen molar-refractivity contribution in [2.24, 2.45) is 0 Å². The molecule has 0 bridgehead atoms. The summed E-state index contributed by atoms with van der Waals surface area (Å²) in [5, 5.41) is 1.25. The molecule has 174 valence electrons. The van der Waals surface area contributed by atoms with E-state index in [2.05, 4.69) is 51.2 Å². The molecule has 0 amide bonds. The van der Waals surface area contributed by atoms with E-state index in [1.54, 1.807) is 0 Å². The molecule has 1 rings (SSSR count). The zero-order valence-electron chi connectivity index (χ0n) is 20.1. The third kappa shape index (κ3) is 12.2. The number of unbranched alkanes of at least 4 members (excludes halogenated alkanes) is 9. The molecule has 0 saturated heterocycles. The van der Waals surface area contributed by atoms with Crippen LogP contribution in [-0.2, 0) is 13.3 Å². The Hall–Kier alpha value is -0.683. The quantitative estimate of drug-likeness (QED) is 0.151. The van der Waals surface area contributed by atoms with Gasteiger partial charge in [0, 0.05) is 25.0 Å². The molecule has 0 spiro atoms. The molecule has 4 heteroatoms. The fraction of sp³-hybridized carbons (Fsp3) is 0.769. The summed E-state index contributed by atoms with van der Waals surface area (Å²) < 4.78 is 19.8. The van der Waals surface area contributed by atoms with Crippen LogP contribution in [-0.4, -0.2) is 28.6 Å². The molecule has 0 unspecified atom stereocenters. The largest absolute Gasteiger partial charge is 0.533 e. The Morgan fingerprint density at radius 3 is 1.60 bits per heavy atom. The summed E-state index contributed by atoms with van der Waals surface area (Å²) in [6, 6.07) is 0. The highest BCUT2D eigenvalue weighted by atomic mass is 28.4. The highest BCUT2D eigenvalue weighted by Gasteiger charge is 2.45. The summed E-state index contributed by atoms with van der Waals surface area (Å²) in [7, 11) is -2.85. The summed E-state index contributed by atoms with van der Waals surface area (Å²) >= 11 is 0. The molecule has 30 heavy (non-hydrogen) atoms. The van der Waals surface area contributed by atoms with Crippen molar-refractivity contribution in [3.05, 3.63) is 35.6 Å². The lowest BCUT2D eigenvalue weighted by Gasteiger charge is -2.32. The van der Waals surface area contributed by atoms with Gasteiger partial charge < -0.3 is 13.3 Å². The standard InChI is InChI=1S/C26H48O3Si/c1-4-7-10-18-23-27-30(28-24-19-11-8-5-2,29-25-20-12-9-6-3)26-21-16-14-13-15-17-22-26/h13-16,21H,4-12,17-20,22-25H2,1-3H3/b15-13-,16-14-,26-21+. The molecule has 1 aliphatic rings. The highest BCUT2D eigenvalue weighted by Crippen LogP contribution is 2.27. The molecule has 0 saturated carbocycles. The van der Waals surface area contributed by atoms with E-state index in [1.807, 2.05) is 0 Å². The fourth-order valence-corrected chi connectivity index (χ4v) is 6.39. The average Bonchev–Trinajstić information content (AvgIpc) is 2.72. The smallest absolute Gasteiger partial charge is 0.370 e. The molecule has 0 aromatic rings. The van der Waals surface area contributed by atoms with Crippen LogP contribution in [0.25, 0.3) is 0 Å². The Labute approximate surface area is 188 Å². The molecular formula is C26H48O3Si. The third-order valence-electron chi connectivity index (χ3n) is 5.50. The van der Waals surface area contributed by atoms with E-state index in [1.165, 1.54) is 63.0 Å². The van der Waals surface area contributed by atoms with E-state index >= 15 is 0 Å². The van der Waals surface area contributed by atoms with Crippen molar-refractivity contribution in [2.45, 2.75) is 111 Å². The lowest BCUT2D eigenvalue weighted by Crippen LogP contribution is -2.49. The normalized spacial score (nSPS) is 18.4. The van der Waals surface area contributed by atoms with Gasteiger partial charge in [-0.2, -0.15) is 0 Å². The van der Waals surface area contributed by atoms with Crippen molar-refractivity contribution in [1.29, 1.82) is 0 Å². The van der Waals surface area contributed by atoms with Gasteiger partial charge in [-0.15, -0.1) is 0 Å². The molecule has 1 aliphatic carbocycles. The lowest BCUT2D eigenvalue weighted by molar-refractivity contribution is 0.0632. The van der Waals surface area contributed by atoms with Crippen molar-refractivity contribution in [2.75, 3.05) is 19.8 Å². The van der Waals surface area contributed by atoms with Crippen molar-refractivity contribution in [3.63, 3.8) is 0 Å². The van der Waals surface area contributed by atoms with Gasteiger partial charge in [0.2, 0.25) is 0 Å². The molecule has 3 nitrogen and oxygen atoms in total. The van der Waals surface area contributed by atoms with E-state index in [9.17, 15) is 0 Å². The van der Waals surface area contributed by atoms with E-state index in [0.29, 0.717) is 0 Å². The van der Waals surface area contributed by atoms with Crippen LogP contribution in [0.3, 0.4) is 0 Å². The Morgan fingerprint density at radius 1 is 0.633 bits per heavy atom. The van der Waals surface area contributed by atoms with E-state index < -0.39 is 8.80 Å². The Balaban J connectivity index is 2.87. The lowest BCUT2D eigenvalue weighted by atomic mass is 10.2. The maximum absolute atomic E-state index is 6.59. The first-order valence-electron chi connectivity index (χ1n) is 12.7. The average molecular weight is 437 g/mol. The molecular weight excluding hydrogens is 388 g/mol. The summed E-state index contributed by atoms with van der Waals surface area (Å²) in [5.74, 6) is 0. The minimum Gasteiger partial charge on any atom is -0.370 e. The summed E-state index contributed by atoms with van der Waals surface area (Å²) in [4.78, 5) is 0. The third-order valence-corrected chi connectivity index (χ3v) is 8.45. The second kappa shape index (κ2) is 19.0. The van der Waals surface area contributed by atoms with Crippen molar-refractivity contribution >= 4 is 8.80 Å². The van der Waals surface area contributed by atoms with Gasteiger partial charge >= 0.3 is 8.80 Å². The first-order chi connectivity index (χ1) is 14.8. The molecule has 0 aromatic carbocycles. The van der Waals surface area contributed by atoms with Crippen LogP contribution in [0.15, 0.2) is 35.6 Å². The number of rotatable bonds is 19. The van der Waals surface area contributed by atoms with Gasteiger partial charge in [0.15, 0.2) is 0 Å². The Bertz CT molecular complexity index is 449. The monoisotopic (exact) mass is 436 g/mol.